The molecule has 0 saturated heterocycles. The molecule has 1 aromatic rings. The minimum Gasteiger partial charge on any atom is -0.506 e. The Kier molecular flexibility index (Phi) is 5.67. The van der Waals surface area contributed by atoms with Crippen LogP contribution >= 0.6 is 45.2 Å². The summed E-state index contributed by atoms with van der Waals surface area (Å²) in [5.74, 6) is -6.59. The Morgan fingerprint density at radius 3 is 2.10 bits per heavy atom. The first-order valence-electron chi connectivity index (χ1n) is 5.18. The van der Waals surface area contributed by atoms with Gasteiger partial charge in [-0.2, -0.15) is 13.2 Å². The molecule has 1 aromatic carbocycles. The van der Waals surface area contributed by atoms with Gasteiger partial charge < -0.3 is 9.84 Å². The van der Waals surface area contributed by atoms with Crippen LogP contribution in [-0.2, 0) is 4.74 Å². The lowest BCUT2D eigenvalue weighted by atomic mass is 10.2. The smallest absolute Gasteiger partial charge is 0.431 e. The van der Waals surface area contributed by atoms with E-state index in [-0.39, 0.29) is 14.1 Å². The first-order valence-corrected chi connectivity index (χ1v) is 7.34. The molecule has 1 atom stereocenters. The van der Waals surface area contributed by atoms with Crippen molar-refractivity contribution in [2.75, 3.05) is 0 Å². The minimum absolute atomic E-state index is 0.00197. The van der Waals surface area contributed by atoms with E-state index in [4.69, 9.17) is 0 Å². The summed E-state index contributed by atoms with van der Waals surface area (Å²) in [6, 6.07) is 2.75. The molecule has 1 N–H and O–H groups in total. The van der Waals surface area contributed by atoms with Crippen LogP contribution in [-0.4, -0.2) is 29.3 Å². The van der Waals surface area contributed by atoms with E-state index in [1.807, 2.05) is 0 Å². The van der Waals surface area contributed by atoms with Crippen LogP contribution in [0.1, 0.15) is 17.3 Å². The van der Waals surface area contributed by atoms with Crippen molar-refractivity contribution >= 4 is 51.2 Å². The highest BCUT2D eigenvalue weighted by Crippen LogP contribution is 2.36. The van der Waals surface area contributed by atoms with Gasteiger partial charge in [0.1, 0.15) is 11.3 Å². The lowest BCUT2D eigenvalue weighted by molar-refractivity contribution is -0.263. The van der Waals surface area contributed by atoms with Crippen LogP contribution < -0.4 is 0 Å². The van der Waals surface area contributed by atoms with Gasteiger partial charge in [0, 0.05) is 10.5 Å². The molecule has 1 unspecified atom stereocenters. The van der Waals surface area contributed by atoms with Crippen LogP contribution in [0.5, 0.6) is 5.75 Å². The molecule has 0 spiro atoms. The maximum atomic E-state index is 13.0. The summed E-state index contributed by atoms with van der Waals surface area (Å²) in [7, 11) is 0. The fourth-order valence-corrected chi connectivity index (χ4v) is 2.46. The summed E-state index contributed by atoms with van der Waals surface area (Å²) < 4.78 is 67.8. The van der Waals surface area contributed by atoms with Gasteiger partial charge in [-0.25, -0.2) is 13.6 Å². The number of carbonyl (C=O) groups excluding carboxylic acids is 1. The van der Waals surface area contributed by atoms with Gasteiger partial charge in [-0.3, -0.25) is 0 Å². The Labute approximate surface area is 143 Å². The second-order valence-electron chi connectivity index (χ2n) is 4.04. The number of hydrogen-bond acceptors (Lipinski definition) is 3. The monoisotopic (exact) mass is 536 g/mol. The largest absolute Gasteiger partial charge is 0.506 e. The van der Waals surface area contributed by atoms with E-state index >= 15 is 0 Å². The number of phenolic OH excluding ortho intramolecular Hbond substituents is 1. The summed E-state index contributed by atoms with van der Waals surface area (Å²) in [5.41, 5.74) is -0.582. The van der Waals surface area contributed by atoms with Gasteiger partial charge in [-0.15, -0.1) is 0 Å². The molecule has 0 heterocycles. The zero-order chi connectivity index (χ0) is 16.6. The fraction of sp³-hybridized carbons (Fsp3) is 0.364. The number of ether oxygens (including phenoxy) is 1. The molecular formula is C11H7F5I2O3. The van der Waals surface area contributed by atoms with E-state index in [0.29, 0.717) is 0 Å². The molecule has 0 bridgehead atoms. The van der Waals surface area contributed by atoms with Gasteiger partial charge in [0.05, 0.1) is 3.57 Å². The summed E-state index contributed by atoms with van der Waals surface area (Å²) in [4.78, 5) is 11.7. The van der Waals surface area contributed by atoms with Gasteiger partial charge in [0.25, 0.3) is 12.0 Å². The quantitative estimate of drug-likeness (QED) is 0.356. The number of alkyl halides is 5. The summed E-state index contributed by atoms with van der Waals surface area (Å²) in [5, 5.41) is 9.69. The van der Waals surface area contributed by atoms with Crippen molar-refractivity contribution < 1.29 is 36.6 Å². The molecule has 0 aliphatic carbocycles. The molecule has 0 aliphatic rings. The molecule has 0 amide bonds. The highest BCUT2D eigenvalue weighted by atomic mass is 127. The molecule has 118 valence electrons. The van der Waals surface area contributed by atoms with Crippen molar-refractivity contribution in [3.8, 4) is 5.75 Å². The van der Waals surface area contributed by atoms with E-state index in [1.165, 1.54) is 12.1 Å². The topological polar surface area (TPSA) is 46.5 Å². The van der Waals surface area contributed by atoms with E-state index < -0.39 is 35.5 Å². The van der Waals surface area contributed by atoms with Crippen molar-refractivity contribution in [1.29, 1.82) is 0 Å². The summed E-state index contributed by atoms with van der Waals surface area (Å²) in [6.45, 7) is -0.00197. The number of benzene rings is 1. The lowest BCUT2D eigenvalue weighted by Crippen LogP contribution is -2.46. The number of hydrogen-bond donors (Lipinski definition) is 1. The second kappa shape index (κ2) is 6.38. The number of phenols is 1. The third-order valence-corrected chi connectivity index (χ3v) is 4.03. The highest BCUT2D eigenvalue weighted by molar-refractivity contribution is 14.1. The number of halogens is 7. The van der Waals surface area contributed by atoms with Crippen LogP contribution in [0.4, 0.5) is 22.0 Å². The van der Waals surface area contributed by atoms with Crippen molar-refractivity contribution in [3.05, 3.63) is 24.8 Å². The van der Waals surface area contributed by atoms with Crippen LogP contribution in [0.25, 0.3) is 0 Å². The molecule has 0 aromatic heterocycles. The normalized spacial score (nSPS) is 13.9. The Morgan fingerprint density at radius 1 is 1.19 bits per heavy atom. The highest BCUT2D eigenvalue weighted by Gasteiger charge is 2.56. The van der Waals surface area contributed by atoms with Crippen molar-refractivity contribution in [3.63, 3.8) is 0 Å². The number of esters is 1. The molecule has 0 fully saturated rings. The fourth-order valence-electron chi connectivity index (χ4n) is 1.36. The van der Waals surface area contributed by atoms with Crippen LogP contribution in [0, 0.1) is 7.14 Å². The van der Waals surface area contributed by atoms with Crippen molar-refractivity contribution in [1.82, 2.24) is 0 Å². The average molecular weight is 536 g/mol. The average Bonchev–Trinajstić information content (AvgIpc) is 2.28. The zero-order valence-electron chi connectivity index (χ0n) is 10.1. The van der Waals surface area contributed by atoms with Gasteiger partial charge in [-0.05, 0) is 57.3 Å². The number of aromatic hydroxyl groups is 1. The third-order valence-electron chi connectivity index (χ3n) is 2.26. The van der Waals surface area contributed by atoms with Crippen molar-refractivity contribution in [2.24, 2.45) is 0 Å². The zero-order valence-corrected chi connectivity index (χ0v) is 14.5. The Balaban J connectivity index is 3.19. The van der Waals surface area contributed by atoms with E-state index in [9.17, 15) is 31.9 Å². The van der Waals surface area contributed by atoms with Gasteiger partial charge in [0.2, 0.25) is 0 Å². The predicted molar refractivity (Wildman–Crippen MR) is 79.4 cm³/mol. The maximum absolute atomic E-state index is 13.0. The van der Waals surface area contributed by atoms with Gasteiger partial charge >= 0.3 is 12.1 Å². The molecule has 0 saturated carbocycles. The van der Waals surface area contributed by atoms with E-state index in [0.717, 1.165) is 0 Å². The maximum Gasteiger partial charge on any atom is 0.431 e. The van der Waals surface area contributed by atoms with E-state index in [2.05, 4.69) is 4.74 Å². The van der Waals surface area contributed by atoms with Crippen LogP contribution in [0.15, 0.2) is 12.1 Å². The first kappa shape index (κ1) is 18.6. The molecule has 0 aliphatic heterocycles. The Morgan fingerprint density at radius 2 is 1.67 bits per heavy atom. The molecule has 21 heavy (non-hydrogen) atoms. The first-order chi connectivity index (χ1) is 9.35. The van der Waals surface area contributed by atoms with Gasteiger partial charge in [-0.1, -0.05) is 0 Å². The minimum atomic E-state index is -5.43. The Bertz CT molecular complexity index is 540. The summed E-state index contributed by atoms with van der Waals surface area (Å²) >= 11 is 3.21. The molecular weight excluding hydrogens is 529 g/mol. The SMILES string of the molecule is CC(F)(F)C(OC(=O)c1c(I)ccc(I)c1O)C(F)(F)F. The second-order valence-corrected chi connectivity index (χ2v) is 6.36. The molecule has 3 nitrogen and oxygen atoms in total. The number of carbonyl (C=O) groups is 1. The molecule has 1 rings (SSSR count). The summed E-state index contributed by atoms with van der Waals surface area (Å²) in [6.07, 6.45) is -9.03. The Hall–Kier alpha value is -0.400. The standard InChI is InChI=1S/C11H7F5I2O3/c1-10(12,13)9(11(14,15)16)21-8(20)6-4(17)2-3-5(18)7(6)19/h2-3,9,19H,1H3. The van der Waals surface area contributed by atoms with Gasteiger partial charge in [0.15, 0.2) is 0 Å². The van der Waals surface area contributed by atoms with Crippen LogP contribution in [0.3, 0.4) is 0 Å². The van der Waals surface area contributed by atoms with Crippen molar-refractivity contribution in [2.45, 2.75) is 25.1 Å². The lowest BCUT2D eigenvalue weighted by Gasteiger charge is -2.25. The molecule has 10 heteroatoms. The predicted octanol–water partition coefficient (Wildman–Crippen LogP) is 4.34. The number of rotatable bonds is 3. The third kappa shape index (κ3) is 4.53. The van der Waals surface area contributed by atoms with Crippen LogP contribution in [0.2, 0.25) is 0 Å². The molecule has 0 radical (unpaired) electrons. The van der Waals surface area contributed by atoms with E-state index in [1.54, 1.807) is 45.2 Å².